The summed E-state index contributed by atoms with van der Waals surface area (Å²) < 4.78 is 16.9. The van der Waals surface area contributed by atoms with Crippen LogP contribution in [0.1, 0.15) is 342 Å². The highest BCUT2D eigenvalue weighted by atomic mass is 16.6. The van der Waals surface area contributed by atoms with Crippen LogP contribution in [0.2, 0.25) is 0 Å². The van der Waals surface area contributed by atoms with E-state index in [1.165, 1.54) is 205 Å². The summed E-state index contributed by atoms with van der Waals surface area (Å²) in [6, 6.07) is 0. The molecular weight excluding hydrogens is 949 g/mol. The summed E-state index contributed by atoms with van der Waals surface area (Å²) in [4.78, 5) is 38.3. The topological polar surface area (TPSA) is 78.9 Å². The zero-order valence-corrected chi connectivity index (χ0v) is 51.2. The first-order valence-corrected chi connectivity index (χ1v) is 33.4. The molecule has 0 radical (unpaired) electrons. The Hall–Kier alpha value is -3.15. The minimum Gasteiger partial charge on any atom is -0.462 e. The monoisotopic (exact) mass is 1070 g/mol. The van der Waals surface area contributed by atoms with E-state index in [9.17, 15) is 14.4 Å². The summed E-state index contributed by atoms with van der Waals surface area (Å²) in [5, 5.41) is 0. The highest BCUT2D eigenvalue weighted by Gasteiger charge is 2.19. The van der Waals surface area contributed by atoms with Gasteiger partial charge in [0.25, 0.3) is 0 Å². The molecule has 0 aliphatic heterocycles. The highest BCUT2D eigenvalue weighted by Crippen LogP contribution is 2.18. The van der Waals surface area contributed by atoms with E-state index in [1.54, 1.807) is 0 Å². The van der Waals surface area contributed by atoms with Crippen LogP contribution in [0.25, 0.3) is 0 Å². The van der Waals surface area contributed by atoms with Gasteiger partial charge in [-0.05, 0) is 89.9 Å². The van der Waals surface area contributed by atoms with E-state index in [0.717, 1.165) is 96.3 Å². The molecular formula is C71H126O6. The number of carbonyl (C=O) groups excluding carboxylic acids is 3. The lowest BCUT2D eigenvalue weighted by Crippen LogP contribution is -2.30. The second-order valence-electron chi connectivity index (χ2n) is 22.4. The zero-order chi connectivity index (χ0) is 55.7. The van der Waals surface area contributed by atoms with Crippen LogP contribution in [0.3, 0.4) is 0 Å². The molecule has 77 heavy (non-hydrogen) atoms. The third-order valence-electron chi connectivity index (χ3n) is 14.7. The third-order valence-corrected chi connectivity index (χ3v) is 14.7. The molecule has 0 N–H and O–H groups in total. The Bertz CT molecular complexity index is 1420. The lowest BCUT2D eigenvalue weighted by molar-refractivity contribution is -0.167. The number of allylic oxidation sites excluding steroid dienone is 12. The predicted molar refractivity (Wildman–Crippen MR) is 335 cm³/mol. The van der Waals surface area contributed by atoms with Gasteiger partial charge in [-0.2, -0.15) is 0 Å². The molecule has 0 aliphatic rings. The van der Waals surface area contributed by atoms with Crippen LogP contribution < -0.4 is 0 Å². The summed E-state index contributed by atoms with van der Waals surface area (Å²) in [7, 11) is 0. The molecule has 1 atom stereocenters. The molecule has 0 aliphatic carbocycles. The largest absolute Gasteiger partial charge is 0.462 e. The van der Waals surface area contributed by atoms with Crippen molar-refractivity contribution in [3.05, 3.63) is 72.9 Å². The van der Waals surface area contributed by atoms with Crippen LogP contribution in [-0.2, 0) is 28.6 Å². The SMILES string of the molecule is CC/C=C\C/C=C\C/C=C\C/C=C\CCCCC(=O)OCC(COC(=O)CCCCCCCCCCCCCCCCCCCCCCCCCCCC)OC(=O)CCCCCCCCC/C=C\C/C=C\CCCCCC. The molecule has 0 amide bonds. The lowest BCUT2D eigenvalue weighted by Gasteiger charge is -2.18. The summed E-state index contributed by atoms with van der Waals surface area (Å²) in [5.41, 5.74) is 0. The molecule has 0 bridgehead atoms. The van der Waals surface area contributed by atoms with Crippen LogP contribution in [-0.4, -0.2) is 37.2 Å². The second-order valence-corrected chi connectivity index (χ2v) is 22.4. The summed E-state index contributed by atoms with van der Waals surface area (Å²) in [6.45, 7) is 6.52. The maximum atomic E-state index is 12.9. The molecule has 0 aromatic heterocycles. The molecule has 0 saturated heterocycles. The standard InChI is InChI=1S/C71H126O6/c1-4-7-10-13-16-19-22-25-28-30-32-33-34-35-36-37-38-39-41-43-46-49-52-55-58-61-64-70(73)76-67-68(66-75-69(72)63-60-57-54-51-48-45-42-27-24-21-18-15-12-9-6-3)77-71(74)65-62-59-56-53-50-47-44-40-31-29-26-23-20-17-14-11-8-5-2/h9,12,18,20-21,23,27,29,31,42,48,51,68H,4-8,10-11,13-17,19,22,24-26,28,30,32-41,43-47,49-50,52-67H2,1-3H3/b12-9-,21-18-,23-20-,31-29-,42-27-,51-48-. The van der Waals surface area contributed by atoms with Crippen LogP contribution in [0.5, 0.6) is 0 Å². The Labute approximate surface area is 478 Å². The lowest BCUT2D eigenvalue weighted by atomic mass is 10.0. The molecule has 0 aromatic carbocycles. The molecule has 0 rings (SSSR count). The molecule has 446 valence electrons. The van der Waals surface area contributed by atoms with E-state index < -0.39 is 6.10 Å². The van der Waals surface area contributed by atoms with Crippen molar-refractivity contribution in [1.29, 1.82) is 0 Å². The van der Waals surface area contributed by atoms with Crippen LogP contribution >= 0.6 is 0 Å². The number of rotatable bonds is 61. The van der Waals surface area contributed by atoms with Gasteiger partial charge in [-0.1, -0.05) is 306 Å². The highest BCUT2D eigenvalue weighted by molar-refractivity contribution is 5.71. The van der Waals surface area contributed by atoms with Gasteiger partial charge in [0.15, 0.2) is 6.10 Å². The Balaban J connectivity index is 4.30. The predicted octanol–water partition coefficient (Wildman–Crippen LogP) is 22.9. The molecule has 6 nitrogen and oxygen atoms in total. The fourth-order valence-corrected chi connectivity index (χ4v) is 9.70. The van der Waals surface area contributed by atoms with Crippen molar-refractivity contribution in [2.45, 2.75) is 348 Å². The zero-order valence-electron chi connectivity index (χ0n) is 51.2. The van der Waals surface area contributed by atoms with E-state index in [2.05, 4.69) is 93.7 Å². The van der Waals surface area contributed by atoms with Crippen LogP contribution in [0, 0.1) is 0 Å². The number of esters is 3. The summed E-state index contributed by atoms with van der Waals surface area (Å²) >= 11 is 0. The van der Waals surface area contributed by atoms with Gasteiger partial charge in [-0.25, -0.2) is 0 Å². The quantitative estimate of drug-likeness (QED) is 0.0261. The fourth-order valence-electron chi connectivity index (χ4n) is 9.70. The average Bonchev–Trinajstić information content (AvgIpc) is 3.43. The maximum Gasteiger partial charge on any atom is 0.306 e. The van der Waals surface area contributed by atoms with Gasteiger partial charge in [0.2, 0.25) is 0 Å². The van der Waals surface area contributed by atoms with Crippen molar-refractivity contribution >= 4 is 17.9 Å². The molecule has 0 fully saturated rings. The molecule has 0 spiro atoms. The van der Waals surface area contributed by atoms with E-state index in [4.69, 9.17) is 14.2 Å². The Morgan fingerprint density at radius 2 is 0.506 bits per heavy atom. The number of unbranched alkanes of at least 4 members (excludes halogenated alkanes) is 38. The van der Waals surface area contributed by atoms with Crippen LogP contribution in [0.4, 0.5) is 0 Å². The number of carbonyl (C=O) groups is 3. The smallest absolute Gasteiger partial charge is 0.306 e. The first kappa shape index (κ1) is 73.8. The van der Waals surface area contributed by atoms with Crippen molar-refractivity contribution < 1.29 is 28.6 Å². The van der Waals surface area contributed by atoms with Crippen molar-refractivity contribution in [2.75, 3.05) is 13.2 Å². The minimum atomic E-state index is -0.797. The van der Waals surface area contributed by atoms with Crippen molar-refractivity contribution in [1.82, 2.24) is 0 Å². The number of hydrogen-bond acceptors (Lipinski definition) is 6. The van der Waals surface area contributed by atoms with E-state index in [0.29, 0.717) is 19.3 Å². The van der Waals surface area contributed by atoms with E-state index in [-0.39, 0.29) is 31.1 Å². The number of hydrogen-bond donors (Lipinski definition) is 0. The van der Waals surface area contributed by atoms with Gasteiger partial charge >= 0.3 is 17.9 Å². The summed E-state index contributed by atoms with van der Waals surface area (Å²) in [5.74, 6) is -0.924. The minimum absolute atomic E-state index is 0.0891. The maximum absolute atomic E-state index is 12.9. The normalized spacial score (nSPS) is 12.5. The summed E-state index contributed by atoms with van der Waals surface area (Å²) in [6.07, 6.45) is 85.0. The average molecular weight is 1080 g/mol. The van der Waals surface area contributed by atoms with Crippen molar-refractivity contribution in [3.8, 4) is 0 Å². The van der Waals surface area contributed by atoms with Gasteiger partial charge in [0.1, 0.15) is 13.2 Å². The molecule has 1 unspecified atom stereocenters. The van der Waals surface area contributed by atoms with Gasteiger partial charge in [-0.3, -0.25) is 14.4 Å². The van der Waals surface area contributed by atoms with Crippen molar-refractivity contribution in [2.24, 2.45) is 0 Å². The van der Waals surface area contributed by atoms with Gasteiger partial charge in [0.05, 0.1) is 0 Å². The molecule has 6 heteroatoms. The molecule has 0 heterocycles. The Morgan fingerprint density at radius 1 is 0.273 bits per heavy atom. The third kappa shape index (κ3) is 63.6. The first-order valence-electron chi connectivity index (χ1n) is 33.4. The van der Waals surface area contributed by atoms with Crippen molar-refractivity contribution in [3.63, 3.8) is 0 Å². The Kier molecular flexibility index (Phi) is 62.7. The van der Waals surface area contributed by atoms with Gasteiger partial charge in [0, 0.05) is 19.3 Å². The van der Waals surface area contributed by atoms with E-state index >= 15 is 0 Å². The molecule has 0 aromatic rings. The first-order chi connectivity index (χ1) is 38.0. The fraction of sp³-hybridized carbons (Fsp3) is 0.789. The van der Waals surface area contributed by atoms with Gasteiger partial charge < -0.3 is 14.2 Å². The molecule has 0 saturated carbocycles. The van der Waals surface area contributed by atoms with E-state index in [1.807, 2.05) is 0 Å². The van der Waals surface area contributed by atoms with Crippen LogP contribution in [0.15, 0.2) is 72.9 Å². The number of ether oxygens (including phenoxy) is 3. The Morgan fingerprint density at radius 3 is 0.831 bits per heavy atom. The van der Waals surface area contributed by atoms with Gasteiger partial charge in [-0.15, -0.1) is 0 Å². The second kappa shape index (κ2) is 65.4.